The maximum absolute atomic E-state index is 12.5. The summed E-state index contributed by atoms with van der Waals surface area (Å²) in [6.45, 7) is 4.82. The van der Waals surface area contributed by atoms with E-state index in [1.807, 2.05) is 0 Å². The number of hydrogen-bond acceptors (Lipinski definition) is 7. The van der Waals surface area contributed by atoms with Gasteiger partial charge in [-0.1, -0.05) is 18.2 Å². The van der Waals surface area contributed by atoms with Gasteiger partial charge in [0.05, 0.1) is 11.8 Å². The van der Waals surface area contributed by atoms with Crippen molar-refractivity contribution in [3.63, 3.8) is 0 Å². The van der Waals surface area contributed by atoms with Crippen LogP contribution in [0.4, 0.5) is 0 Å². The van der Waals surface area contributed by atoms with Gasteiger partial charge in [0, 0.05) is 17.7 Å². The van der Waals surface area contributed by atoms with E-state index < -0.39 is 34.5 Å². The van der Waals surface area contributed by atoms with Crippen molar-refractivity contribution < 1.29 is 37.2 Å². The molecular weight excluding hydrogens is 490 g/mol. The summed E-state index contributed by atoms with van der Waals surface area (Å²) in [6, 6.07) is 12.7. The molecule has 0 saturated heterocycles. The lowest BCUT2D eigenvalue weighted by molar-refractivity contribution is -0.142. The third-order valence-electron chi connectivity index (χ3n) is 4.21. The van der Waals surface area contributed by atoms with E-state index in [1.165, 1.54) is 11.0 Å². The van der Waals surface area contributed by atoms with Gasteiger partial charge in [-0.05, 0) is 55.0 Å². The molecule has 2 aromatic rings. The highest BCUT2D eigenvalue weighted by atomic mass is 32.2. The van der Waals surface area contributed by atoms with Crippen LogP contribution in [-0.2, 0) is 19.7 Å². The molecule has 0 spiro atoms. The lowest BCUT2D eigenvalue weighted by Crippen LogP contribution is -2.36. The highest BCUT2D eigenvalue weighted by Gasteiger charge is 2.17. The average Bonchev–Trinajstić information content (AvgIpc) is 2.77. The number of esters is 1. The van der Waals surface area contributed by atoms with E-state index in [4.69, 9.17) is 25.5 Å². The van der Waals surface area contributed by atoms with Gasteiger partial charge >= 0.3 is 11.9 Å². The van der Waals surface area contributed by atoms with Gasteiger partial charge in [-0.15, -0.1) is 6.58 Å². The number of nitrogens with one attached hydrogen (secondary N) is 1. The second-order valence-electron chi connectivity index (χ2n) is 7.38. The van der Waals surface area contributed by atoms with E-state index in [9.17, 15) is 22.8 Å². The zero-order valence-corrected chi connectivity index (χ0v) is 20.5. The highest BCUT2D eigenvalue weighted by molar-refractivity contribution is 7.85. The van der Waals surface area contributed by atoms with E-state index >= 15 is 0 Å². The van der Waals surface area contributed by atoms with Crippen molar-refractivity contribution in [2.45, 2.75) is 6.92 Å². The van der Waals surface area contributed by atoms with Crippen LogP contribution in [0.3, 0.4) is 0 Å². The number of nitrogens with zero attached hydrogens (tertiary/aromatic N) is 1. The number of carboxylic acid groups (broad SMARTS) is 1. The van der Waals surface area contributed by atoms with Crippen molar-refractivity contribution in [3.8, 4) is 5.75 Å². The van der Waals surface area contributed by atoms with Crippen molar-refractivity contribution in [2.75, 3.05) is 19.3 Å². The van der Waals surface area contributed by atoms with Gasteiger partial charge in [0.2, 0.25) is 5.91 Å². The second-order valence-corrected chi connectivity index (χ2v) is 8.84. The summed E-state index contributed by atoms with van der Waals surface area (Å²) in [5, 5.41) is 16.3. The molecule has 0 aliphatic carbocycles. The van der Waals surface area contributed by atoms with E-state index in [0.717, 1.165) is 0 Å². The lowest BCUT2D eigenvalue weighted by atomic mass is 10.1. The topological polar surface area (TPSA) is 188 Å². The molecule has 36 heavy (non-hydrogen) atoms. The van der Waals surface area contributed by atoms with Gasteiger partial charge in [-0.2, -0.15) is 8.42 Å². The second kappa shape index (κ2) is 13.6. The van der Waals surface area contributed by atoms with Crippen molar-refractivity contribution in [1.29, 1.82) is 5.41 Å². The first-order valence-electron chi connectivity index (χ1n) is 10.2. The van der Waals surface area contributed by atoms with Crippen molar-refractivity contribution in [2.24, 2.45) is 5.73 Å². The Bertz CT molecular complexity index is 1240. The first-order valence-corrected chi connectivity index (χ1v) is 12.1. The van der Waals surface area contributed by atoms with Crippen LogP contribution in [0.1, 0.15) is 28.4 Å². The molecule has 1 amide bonds. The number of ether oxygens (including phenoxy) is 1. The quantitative estimate of drug-likeness (QED) is 0.0735. The SMILES string of the molecule is C=CCN(CC(=O)O)C(=O)C(C)=Cc1ccc(C(=O)Oc2ccc(C(=N)N)cc2)cc1.CS(=O)(=O)O. The molecule has 0 saturated carbocycles. The van der Waals surface area contributed by atoms with Crippen molar-refractivity contribution >= 4 is 39.9 Å². The number of carboxylic acids is 1. The summed E-state index contributed by atoms with van der Waals surface area (Å²) >= 11 is 0. The number of carbonyl (C=O) groups excluding carboxylic acids is 2. The molecule has 0 radical (unpaired) electrons. The first-order chi connectivity index (χ1) is 16.7. The van der Waals surface area contributed by atoms with Gasteiger partial charge in [0.1, 0.15) is 18.1 Å². The smallest absolute Gasteiger partial charge is 0.343 e. The number of amides is 1. The molecule has 11 nitrogen and oxygen atoms in total. The fourth-order valence-electron chi connectivity index (χ4n) is 2.68. The Balaban J connectivity index is 0.00000118. The van der Waals surface area contributed by atoms with Gasteiger partial charge < -0.3 is 20.5 Å². The zero-order valence-electron chi connectivity index (χ0n) is 19.7. The summed E-state index contributed by atoms with van der Waals surface area (Å²) in [7, 11) is -3.67. The molecule has 0 atom stereocenters. The number of rotatable bonds is 9. The zero-order chi connectivity index (χ0) is 27.5. The first kappa shape index (κ1) is 29.7. The normalized spacial score (nSPS) is 10.9. The van der Waals surface area contributed by atoms with Crippen LogP contribution in [0.25, 0.3) is 6.08 Å². The summed E-state index contributed by atoms with van der Waals surface area (Å²) in [5.74, 6) is -1.84. The minimum Gasteiger partial charge on any atom is -0.480 e. The number of nitrogens with two attached hydrogens (primary N) is 1. The van der Waals surface area contributed by atoms with Gasteiger partial charge in [0.15, 0.2) is 0 Å². The van der Waals surface area contributed by atoms with Gasteiger partial charge in [-0.3, -0.25) is 19.6 Å². The summed E-state index contributed by atoms with van der Waals surface area (Å²) in [4.78, 5) is 36.9. The molecule has 0 heterocycles. The van der Waals surface area contributed by atoms with Crippen LogP contribution >= 0.6 is 0 Å². The predicted octanol–water partition coefficient (Wildman–Crippen LogP) is 2.20. The van der Waals surface area contributed by atoms with E-state index in [0.29, 0.717) is 34.3 Å². The van der Waals surface area contributed by atoms with Gasteiger partial charge in [-0.25, -0.2) is 4.79 Å². The molecule has 12 heteroatoms. The number of carbonyl (C=O) groups is 3. The van der Waals surface area contributed by atoms with Crippen LogP contribution in [0, 0.1) is 5.41 Å². The standard InChI is InChI=1S/C23H23N3O5.CH4O3S/c1-3-12-26(14-20(27)28)22(29)15(2)13-16-4-6-18(7-5-16)23(30)31-19-10-8-17(9-11-19)21(24)25;1-5(2,3)4/h3-11,13H,1,12,14H2,2H3,(H3,24,25)(H,27,28);1H3,(H,2,3,4). The Labute approximate surface area is 208 Å². The number of benzene rings is 2. The van der Waals surface area contributed by atoms with Crippen molar-refractivity contribution in [3.05, 3.63) is 83.4 Å². The Morgan fingerprint density at radius 1 is 1.08 bits per heavy atom. The molecule has 2 rings (SSSR count). The third-order valence-corrected chi connectivity index (χ3v) is 4.21. The third kappa shape index (κ3) is 11.2. The number of hydrogen-bond donors (Lipinski definition) is 4. The largest absolute Gasteiger partial charge is 0.480 e. The van der Waals surface area contributed by atoms with Crippen LogP contribution in [0.15, 0.2) is 66.8 Å². The fraction of sp³-hybridized carbons (Fsp3) is 0.167. The summed E-state index contributed by atoms with van der Waals surface area (Å²) in [5.41, 5.74) is 7.25. The molecule has 0 bridgehead atoms. The molecule has 5 N–H and O–H groups in total. The minimum absolute atomic E-state index is 0.0779. The maximum atomic E-state index is 12.5. The lowest BCUT2D eigenvalue weighted by Gasteiger charge is -2.19. The van der Waals surface area contributed by atoms with Crippen LogP contribution < -0.4 is 10.5 Å². The molecule has 192 valence electrons. The monoisotopic (exact) mass is 517 g/mol. The predicted molar refractivity (Wildman–Crippen MR) is 134 cm³/mol. The molecule has 2 aromatic carbocycles. The minimum atomic E-state index is -3.67. The van der Waals surface area contributed by atoms with E-state index in [1.54, 1.807) is 61.5 Å². The fourth-order valence-corrected chi connectivity index (χ4v) is 2.68. The average molecular weight is 518 g/mol. The van der Waals surface area contributed by atoms with E-state index in [2.05, 4.69) is 6.58 Å². The number of aliphatic carboxylic acids is 1. The molecule has 0 aliphatic rings. The maximum Gasteiger partial charge on any atom is 0.343 e. The Morgan fingerprint density at radius 3 is 2.03 bits per heavy atom. The summed E-state index contributed by atoms with van der Waals surface area (Å²) in [6.07, 6.45) is 3.78. The highest BCUT2D eigenvalue weighted by Crippen LogP contribution is 2.16. The van der Waals surface area contributed by atoms with Crippen molar-refractivity contribution in [1.82, 2.24) is 4.90 Å². The Morgan fingerprint density at radius 2 is 1.58 bits per heavy atom. The van der Waals surface area contributed by atoms with Crippen LogP contribution in [0.5, 0.6) is 5.75 Å². The molecular formula is C24H27N3O8S. The van der Waals surface area contributed by atoms with Gasteiger partial charge in [0.25, 0.3) is 10.1 Å². The Hall–Kier alpha value is -4.29. The van der Waals surface area contributed by atoms with E-state index in [-0.39, 0.29) is 12.4 Å². The molecule has 0 aliphatic heterocycles. The Kier molecular flexibility index (Phi) is 11.2. The molecule has 0 aromatic heterocycles. The summed E-state index contributed by atoms with van der Waals surface area (Å²) < 4.78 is 31.2. The van der Waals surface area contributed by atoms with Crippen LogP contribution in [-0.4, -0.2) is 66.0 Å². The molecule has 0 unspecified atom stereocenters. The molecule has 0 fully saturated rings. The van der Waals surface area contributed by atoms with Crippen LogP contribution in [0.2, 0.25) is 0 Å². The number of amidine groups is 1. The number of nitrogen functional groups attached to an aromatic ring is 1.